The number of carboxylic acid groups (broad SMARTS) is 1. The van der Waals surface area contributed by atoms with Crippen molar-refractivity contribution in [1.29, 1.82) is 0 Å². The van der Waals surface area contributed by atoms with Crippen LogP contribution in [0.2, 0.25) is 0 Å². The number of hydrogen-bond acceptors (Lipinski definition) is 6. The summed E-state index contributed by atoms with van der Waals surface area (Å²) in [4.78, 5) is 30.5. The van der Waals surface area contributed by atoms with Crippen LogP contribution in [0.15, 0.2) is 52.4 Å². The highest BCUT2D eigenvalue weighted by Gasteiger charge is 2.22. The lowest BCUT2D eigenvalue weighted by molar-refractivity contribution is -0.142. The molecule has 2 unspecified atom stereocenters. The maximum Gasteiger partial charge on any atom is 0.326 e. The SMILES string of the molecule is NC(N)=NCCCC(N)C(=O)NC(CCCN=C(N)N)C(=O)O.Nc1ccc2ccccc2c1. The van der Waals surface area contributed by atoms with E-state index in [2.05, 4.69) is 27.4 Å². The first-order chi connectivity index (χ1) is 16.1. The van der Waals surface area contributed by atoms with E-state index in [1.807, 2.05) is 30.3 Å². The van der Waals surface area contributed by atoms with Gasteiger partial charge in [-0.25, -0.2) is 4.79 Å². The summed E-state index contributed by atoms with van der Waals surface area (Å²) in [5.41, 5.74) is 32.8. The molecule has 12 nitrogen and oxygen atoms in total. The predicted octanol–water partition coefficient (Wildman–Crippen LogP) is -0.588. The van der Waals surface area contributed by atoms with E-state index < -0.39 is 24.0 Å². The number of carbonyl (C=O) groups excluding carboxylic acids is 1. The molecule has 2 atom stereocenters. The second-order valence-electron chi connectivity index (χ2n) is 7.51. The molecule has 2 aromatic rings. The minimum absolute atomic E-state index is 0.0326. The zero-order valence-electron chi connectivity index (χ0n) is 19.1. The van der Waals surface area contributed by atoms with Crippen molar-refractivity contribution in [2.45, 2.75) is 37.8 Å². The van der Waals surface area contributed by atoms with Gasteiger partial charge < -0.3 is 44.8 Å². The third-order valence-corrected chi connectivity index (χ3v) is 4.64. The van der Waals surface area contributed by atoms with Gasteiger partial charge in [-0.2, -0.15) is 0 Å². The number of amides is 1. The summed E-state index contributed by atoms with van der Waals surface area (Å²) in [6.45, 7) is 0.636. The van der Waals surface area contributed by atoms with Crippen LogP contribution in [0.1, 0.15) is 25.7 Å². The summed E-state index contributed by atoms with van der Waals surface area (Å²) in [6.07, 6.45) is 1.45. The number of nitrogen functional groups attached to an aromatic ring is 1. The van der Waals surface area contributed by atoms with Crippen LogP contribution in [0.25, 0.3) is 10.8 Å². The van der Waals surface area contributed by atoms with Crippen LogP contribution in [-0.4, -0.2) is 54.1 Å². The monoisotopic (exact) mass is 473 g/mol. The molecule has 0 aromatic heterocycles. The molecule has 0 aliphatic heterocycles. The van der Waals surface area contributed by atoms with Crippen molar-refractivity contribution in [3.8, 4) is 0 Å². The van der Waals surface area contributed by atoms with Gasteiger partial charge >= 0.3 is 5.97 Å². The maximum absolute atomic E-state index is 11.9. The number of anilines is 1. The number of rotatable bonds is 11. The van der Waals surface area contributed by atoms with Crippen LogP contribution in [0.3, 0.4) is 0 Å². The van der Waals surface area contributed by atoms with Crippen LogP contribution in [0.5, 0.6) is 0 Å². The van der Waals surface area contributed by atoms with Gasteiger partial charge in [-0.05, 0) is 48.6 Å². The molecule has 0 aliphatic carbocycles. The Bertz CT molecular complexity index is 986. The van der Waals surface area contributed by atoms with Crippen molar-refractivity contribution in [3.63, 3.8) is 0 Å². The lowest BCUT2D eigenvalue weighted by atomic mass is 10.1. The summed E-state index contributed by atoms with van der Waals surface area (Å²) >= 11 is 0. The van der Waals surface area contributed by atoms with E-state index in [1.54, 1.807) is 0 Å². The highest BCUT2D eigenvalue weighted by atomic mass is 16.4. The van der Waals surface area contributed by atoms with E-state index in [4.69, 9.17) is 39.5 Å². The highest BCUT2D eigenvalue weighted by Crippen LogP contribution is 2.16. The number of benzene rings is 2. The van der Waals surface area contributed by atoms with Crippen molar-refractivity contribution < 1.29 is 14.7 Å². The molecule has 0 saturated carbocycles. The van der Waals surface area contributed by atoms with E-state index >= 15 is 0 Å². The van der Waals surface area contributed by atoms with Gasteiger partial charge in [0.05, 0.1) is 6.04 Å². The average molecular weight is 474 g/mol. The largest absolute Gasteiger partial charge is 0.480 e. The van der Waals surface area contributed by atoms with Gasteiger partial charge in [-0.1, -0.05) is 30.3 Å². The molecule has 0 bridgehead atoms. The zero-order valence-corrected chi connectivity index (χ0v) is 19.1. The molecule has 2 aromatic carbocycles. The molecule has 2 rings (SSSR count). The number of fused-ring (bicyclic) bond motifs is 1. The normalized spacial score (nSPS) is 11.9. The van der Waals surface area contributed by atoms with Crippen molar-refractivity contribution >= 4 is 40.3 Å². The summed E-state index contributed by atoms with van der Waals surface area (Å²) in [7, 11) is 0. The van der Waals surface area contributed by atoms with Gasteiger partial charge in [0.25, 0.3) is 0 Å². The molecule has 0 radical (unpaired) electrons. The molecule has 0 spiro atoms. The minimum Gasteiger partial charge on any atom is -0.480 e. The fraction of sp³-hybridized carbons (Fsp3) is 0.364. The van der Waals surface area contributed by atoms with Gasteiger partial charge in [0.1, 0.15) is 6.04 Å². The first kappa shape index (κ1) is 28.0. The molecule has 14 N–H and O–H groups in total. The summed E-state index contributed by atoms with van der Waals surface area (Å²) in [5.74, 6) is -1.78. The average Bonchev–Trinajstić information content (AvgIpc) is 2.78. The topological polar surface area (TPSA) is 247 Å². The molecule has 1 amide bonds. The fourth-order valence-electron chi connectivity index (χ4n) is 2.90. The molecule has 12 heteroatoms. The second-order valence-corrected chi connectivity index (χ2v) is 7.51. The van der Waals surface area contributed by atoms with E-state index in [9.17, 15) is 9.59 Å². The molecule has 0 aliphatic rings. The highest BCUT2D eigenvalue weighted by molar-refractivity contribution is 5.87. The first-order valence-electron chi connectivity index (χ1n) is 10.7. The van der Waals surface area contributed by atoms with Gasteiger partial charge in [0.15, 0.2) is 11.9 Å². The molecular weight excluding hydrogens is 438 g/mol. The Hall–Kier alpha value is -4.06. The lowest BCUT2D eigenvalue weighted by Crippen LogP contribution is -2.48. The maximum atomic E-state index is 11.9. The number of aliphatic imine (C=N–C) groups is 2. The standard InChI is InChI=1S/C12H26N8O3.C10H9N/c13-7(3-1-5-18-11(14)15)9(21)20-8(10(22)23)4-2-6-19-12(16)17;11-10-6-5-8-3-1-2-4-9(8)7-10/h7-8H,1-6,13H2,(H,20,21)(H,22,23)(H4,14,15,18)(H4,16,17,19);1-7H,11H2. The third kappa shape index (κ3) is 11.5. The molecule has 34 heavy (non-hydrogen) atoms. The lowest BCUT2D eigenvalue weighted by Gasteiger charge is -2.17. The van der Waals surface area contributed by atoms with Crippen molar-refractivity contribution in [3.05, 3.63) is 42.5 Å². The van der Waals surface area contributed by atoms with Crippen LogP contribution in [-0.2, 0) is 9.59 Å². The fourth-order valence-corrected chi connectivity index (χ4v) is 2.90. The Morgan fingerprint density at radius 1 is 0.882 bits per heavy atom. The minimum atomic E-state index is -1.14. The number of nitrogens with two attached hydrogens (primary N) is 6. The van der Waals surface area contributed by atoms with Crippen LogP contribution < -0.4 is 39.7 Å². The predicted molar refractivity (Wildman–Crippen MR) is 136 cm³/mol. The van der Waals surface area contributed by atoms with E-state index in [0.717, 1.165) is 5.69 Å². The summed E-state index contributed by atoms with van der Waals surface area (Å²) in [5, 5.41) is 13.9. The Balaban J connectivity index is 0.000000429. The number of hydrogen-bond donors (Lipinski definition) is 8. The Labute approximate surface area is 198 Å². The van der Waals surface area contributed by atoms with Crippen LogP contribution >= 0.6 is 0 Å². The molecule has 186 valence electrons. The first-order valence-corrected chi connectivity index (χ1v) is 10.7. The zero-order chi connectivity index (χ0) is 25.5. The molecule has 0 saturated heterocycles. The van der Waals surface area contributed by atoms with Crippen molar-refractivity contribution in [2.75, 3.05) is 18.8 Å². The number of guanidine groups is 2. The molecule has 0 fully saturated rings. The quantitative estimate of drug-likeness (QED) is 0.0897. The van der Waals surface area contributed by atoms with Crippen LogP contribution in [0, 0.1) is 0 Å². The molecular formula is C22H35N9O3. The second kappa shape index (κ2) is 14.9. The van der Waals surface area contributed by atoms with Crippen molar-refractivity contribution in [2.24, 2.45) is 38.7 Å². The van der Waals surface area contributed by atoms with Gasteiger partial charge in [-0.3, -0.25) is 14.8 Å². The van der Waals surface area contributed by atoms with Gasteiger partial charge in [-0.15, -0.1) is 0 Å². The summed E-state index contributed by atoms with van der Waals surface area (Å²) < 4.78 is 0. The summed E-state index contributed by atoms with van der Waals surface area (Å²) in [6, 6.07) is 12.2. The van der Waals surface area contributed by atoms with E-state index in [1.165, 1.54) is 10.8 Å². The van der Waals surface area contributed by atoms with Gasteiger partial charge in [0.2, 0.25) is 5.91 Å². The number of nitrogens with one attached hydrogen (secondary N) is 1. The Kier molecular flexibility index (Phi) is 12.3. The Morgan fingerprint density at radius 3 is 2.00 bits per heavy atom. The van der Waals surface area contributed by atoms with Crippen molar-refractivity contribution in [1.82, 2.24) is 5.32 Å². The number of aliphatic carboxylic acids is 1. The van der Waals surface area contributed by atoms with E-state index in [-0.39, 0.29) is 24.9 Å². The number of carbonyl (C=O) groups is 2. The Morgan fingerprint density at radius 2 is 1.44 bits per heavy atom. The molecule has 0 heterocycles. The number of nitrogens with zero attached hydrogens (tertiary/aromatic N) is 2. The smallest absolute Gasteiger partial charge is 0.326 e. The third-order valence-electron chi connectivity index (χ3n) is 4.64. The van der Waals surface area contributed by atoms with Crippen LogP contribution in [0.4, 0.5) is 5.69 Å². The number of carboxylic acids is 1. The van der Waals surface area contributed by atoms with Gasteiger partial charge in [0, 0.05) is 18.8 Å². The van der Waals surface area contributed by atoms with E-state index in [0.29, 0.717) is 25.8 Å².